The van der Waals surface area contributed by atoms with Gasteiger partial charge in [0.1, 0.15) is 0 Å². The summed E-state index contributed by atoms with van der Waals surface area (Å²) in [5.74, 6) is 0.741. The molecular weight excluding hydrogens is 679 g/mol. The first-order valence-corrected chi connectivity index (χ1v) is 19.2. The number of nitrogens with zero attached hydrogens (tertiary/aromatic N) is 3. The van der Waals surface area contributed by atoms with Gasteiger partial charge in [0.2, 0.25) is 0 Å². The van der Waals surface area contributed by atoms with Crippen LogP contribution in [-0.2, 0) is 6.42 Å². The second-order valence-electron chi connectivity index (χ2n) is 14.5. The summed E-state index contributed by atoms with van der Waals surface area (Å²) < 4.78 is 2.38. The van der Waals surface area contributed by atoms with Gasteiger partial charge in [0.05, 0.1) is 22.4 Å². The van der Waals surface area contributed by atoms with Crippen molar-refractivity contribution in [1.82, 2.24) is 14.5 Å². The Balaban J connectivity index is 1.05. The predicted octanol–water partition coefficient (Wildman–Crippen LogP) is 13.5. The summed E-state index contributed by atoms with van der Waals surface area (Å²) in [4.78, 5) is 10.6. The molecule has 0 amide bonds. The maximum Gasteiger partial charge on any atom is 0.160 e. The molecule has 0 radical (unpaired) electrons. The van der Waals surface area contributed by atoms with Crippen molar-refractivity contribution in [2.24, 2.45) is 0 Å². The van der Waals surface area contributed by atoms with E-state index < -0.39 is 0 Å². The van der Waals surface area contributed by atoms with E-state index in [1.54, 1.807) is 0 Å². The van der Waals surface area contributed by atoms with Crippen LogP contribution in [0.15, 0.2) is 200 Å². The zero-order valence-corrected chi connectivity index (χ0v) is 30.6. The third kappa shape index (κ3) is 5.36. The zero-order valence-electron chi connectivity index (χ0n) is 30.6. The topological polar surface area (TPSA) is 30.7 Å². The first-order chi connectivity index (χ1) is 27.8. The molecule has 2 aromatic heterocycles. The molecule has 0 aliphatic heterocycles. The summed E-state index contributed by atoms with van der Waals surface area (Å²) in [6.45, 7) is 0. The van der Waals surface area contributed by atoms with E-state index in [0.717, 1.165) is 40.4 Å². The SMILES string of the molecule is c1ccc(-c2ccc(-c3nc(-c4ccccc4)nc4c3Cc3cccc(-c5cccc(-c6ccc7c8ccccc8n(-c8ccccc8)c7c6)c5)c3-4)cc2)cc1. The molecule has 0 bridgehead atoms. The molecule has 3 heteroatoms. The van der Waals surface area contributed by atoms with Gasteiger partial charge in [0.15, 0.2) is 5.82 Å². The Morgan fingerprint density at radius 1 is 0.375 bits per heavy atom. The Bertz CT molecular complexity index is 3070. The second kappa shape index (κ2) is 13.2. The molecule has 0 N–H and O–H groups in total. The Labute approximate surface area is 325 Å². The minimum atomic E-state index is 0.741. The van der Waals surface area contributed by atoms with E-state index in [0.29, 0.717) is 0 Å². The van der Waals surface area contributed by atoms with Crippen molar-refractivity contribution in [2.45, 2.75) is 6.42 Å². The number of para-hydroxylation sites is 2. The molecule has 1 aliphatic carbocycles. The van der Waals surface area contributed by atoms with Crippen LogP contribution in [0.5, 0.6) is 0 Å². The van der Waals surface area contributed by atoms with E-state index in [4.69, 9.17) is 9.97 Å². The van der Waals surface area contributed by atoms with Crippen molar-refractivity contribution < 1.29 is 0 Å². The Hall–Kier alpha value is -7.36. The van der Waals surface area contributed by atoms with Crippen molar-refractivity contribution in [2.75, 3.05) is 0 Å². The lowest BCUT2D eigenvalue weighted by Crippen LogP contribution is -1.99. The lowest BCUT2D eigenvalue weighted by atomic mass is 9.93. The molecule has 0 unspecified atom stereocenters. The fraction of sp³-hybridized carbons (Fsp3) is 0.0189. The van der Waals surface area contributed by atoms with Gasteiger partial charge in [0.25, 0.3) is 0 Å². The van der Waals surface area contributed by atoms with E-state index in [1.807, 2.05) is 6.07 Å². The summed E-state index contributed by atoms with van der Waals surface area (Å²) in [5.41, 5.74) is 18.4. The van der Waals surface area contributed by atoms with Gasteiger partial charge in [-0.2, -0.15) is 0 Å². The van der Waals surface area contributed by atoms with Crippen molar-refractivity contribution >= 4 is 21.8 Å². The minimum Gasteiger partial charge on any atom is -0.309 e. The van der Waals surface area contributed by atoms with Crippen molar-refractivity contribution in [1.29, 1.82) is 0 Å². The van der Waals surface area contributed by atoms with Gasteiger partial charge in [-0.1, -0.05) is 170 Å². The first kappa shape index (κ1) is 32.1. The fourth-order valence-electron chi connectivity index (χ4n) is 8.59. The smallest absolute Gasteiger partial charge is 0.160 e. The van der Waals surface area contributed by atoms with Gasteiger partial charge in [0, 0.05) is 45.1 Å². The Morgan fingerprint density at radius 3 is 1.75 bits per heavy atom. The van der Waals surface area contributed by atoms with Gasteiger partial charge in [-0.05, 0) is 69.3 Å². The third-order valence-corrected chi connectivity index (χ3v) is 11.3. The average Bonchev–Trinajstić information content (AvgIpc) is 3.83. The van der Waals surface area contributed by atoms with Crippen LogP contribution in [0.3, 0.4) is 0 Å². The van der Waals surface area contributed by atoms with Crippen LogP contribution in [0, 0.1) is 0 Å². The highest BCUT2D eigenvalue weighted by molar-refractivity contribution is 6.10. The van der Waals surface area contributed by atoms with Crippen LogP contribution >= 0.6 is 0 Å². The van der Waals surface area contributed by atoms with Crippen LogP contribution in [-0.4, -0.2) is 14.5 Å². The van der Waals surface area contributed by atoms with Gasteiger partial charge >= 0.3 is 0 Å². The first-order valence-electron chi connectivity index (χ1n) is 19.2. The highest BCUT2D eigenvalue weighted by atomic mass is 15.0. The Kier molecular flexibility index (Phi) is 7.56. The Morgan fingerprint density at radius 2 is 0.946 bits per heavy atom. The summed E-state index contributed by atoms with van der Waals surface area (Å²) in [7, 11) is 0. The van der Waals surface area contributed by atoms with Crippen LogP contribution in [0.4, 0.5) is 0 Å². The molecule has 0 saturated carbocycles. The molecule has 0 atom stereocenters. The maximum atomic E-state index is 5.36. The molecule has 10 aromatic rings. The molecule has 262 valence electrons. The van der Waals surface area contributed by atoms with Crippen molar-refractivity contribution in [3.63, 3.8) is 0 Å². The molecular formula is C53H35N3. The summed E-state index contributed by atoms with van der Waals surface area (Å²) in [6, 6.07) is 71.7. The molecule has 0 fully saturated rings. The normalized spacial score (nSPS) is 11.9. The van der Waals surface area contributed by atoms with Gasteiger partial charge in [-0.25, -0.2) is 9.97 Å². The van der Waals surface area contributed by atoms with Gasteiger partial charge in [-0.3, -0.25) is 0 Å². The average molecular weight is 714 g/mol. The van der Waals surface area contributed by atoms with E-state index in [2.05, 4.69) is 199 Å². The second-order valence-corrected chi connectivity index (χ2v) is 14.5. The largest absolute Gasteiger partial charge is 0.309 e. The minimum absolute atomic E-state index is 0.741. The number of benzene rings is 8. The number of hydrogen-bond donors (Lipinski definition) is 0. The van der Waals surface area contributed by atoms with Crippen molar-refractivity contribution in [3.05, 3.63) is 211 Å². The monoisotopic (exact) mass is 713 g/mol. The molecule has 2 heterocycles. The summed E-state index contributed by atoms with van der Waals surface area (Å²) in [6.07, 6.45) is 0.781. The maximum absolute atomic E-state index is 5.36. The molecule has 8 aromatic carbocycles. The molecule has 11 rings (SSSR count). The van der Waals surface area contributed by atoms with Crippen molar-refractivity contribution in [3.8, 4) is 73.0 Å². The fourth-order valence-corrected chi connectivity index (χ4v) is 8.59. The van der Waals surface area contributed by atoms with E-state index >= 15 is 0 Å². The molecule has 0 spiro atoms. The highest BCUT2D eigenvalue weighted by Gasteiger charge is 2.28. The number of hydrogen-bond acceptors (Lipinski definition) is 2. The molecule has 56 heavy (non-hydrogen) atoms. The van der Waals surface area contributed by atoms with Crippen LogP contribution in [0.25, 0.3) is 94.8 Å². The number of rotatable bonds is 6. The lowest BCUT2D eigenvalue weighted by molar-refractivity contribution is 1.13. The third-order valence-electron chi connectivity index (χ3n) is 11.3. The quantitative estimate of drug-likeness (QED) is 0.172. The number of fused-ring (bicyclic) bond motifs is 6. The molecule has 0 saturated heterocycles. The van der Waals surface area contributed by atoms with E-state index in [-0.39, 0.29) is 0 Å². The highest BCUT2D eigenvalue weighted by Crippen LogP contribution is 2.46. The standard InChI is InChI=1S/C53H35N3/c1-4-14-35(15-5-1)36-26-28-37(29-27-36)51-47-33-42-20-13-24-44(50(42)52(47)55-53(54-51)38-16-6-2-7-17-38)41-19-12-18-39(32-41)40-30-31-46-45-23-10-11-25-48(45)56(49(46)34-40)43-21-8-3-9-22-43/h1-32,34H,33H2. The molecule has 3 nitrogen and oxygen atoms in total. The van der Waals surface area contributed by atoms with Crippen LogP contribution in [0.2, 0.25) is 0 Å². The number of aromatic nitrogens is 3. The van der Waals surface area contributed by atoms with Crippen LogP contribution in [0.1, 0.15) is 11.1 Å². The van der Waals surface area contributed by atoms with E-state index in [9.17, 15) is 0 Å². The van der Waals surface area contributed by atoms with E-state index in [1.165, 1.54) is 71.9 Å². The van der Waals surface area contributed by atoms with Crippen LogP contribution < -0.4 is 0 Å². The summed E-state index contributed by atoms with van der Waals surface area (Å²) in [5, 5.41) is 2.51. The lowest BCUT2D eigenvalue weighted by Gasteiger charge is -2.14. The zero-order chi connectivity index (χ0) is 37.0. The molecule has 1 aliphatic rings. The van der Waals surface area contributed by atoms with Gasteiger partial charge in [-0.15, -0.1) is 0 Å². The van der Waals surface area contributed by atoms with Gasteiger partial charge < -0.3 is 4.57 Å². The predicted molar refractivity (Wildman–Crippen MR) is 232 cm³/mol. The summed E-state index contributed by atoms with van der Waals surface area (Å²) >= 11 is 0.